The normalized spacial score (nSPS) is 11.6. The zero-order chi connectivity index (χ0) is 18.3. The van der Waals surface area contributed by atoms with Crippen molar-refractivity contribution >= 4 is 29.1 Å². The van der Waals surface area contributed by atoms with Crippen LogP contribution in [-0.2, 0) is 14.4 Å². The summed E-state index contributed by atoms with van der Waals surface area (Å²) in [6.07, 6.45) is 0.0387. The summed E-state index contributed by atoms with van der Waals surface area (Å²) < 4.78 is 0. The molecule has 0 saturated carbocycles. The number of hydrogen-bond acceptors (Lipinski definition) is 4. The maximum Gasteiger partial charge on any atom is 0.329 e. The molecule has 0 heterocycles. The number of carbonyl (C=O) groups excluding carboxylic acids is 3. The van der Waals surface area contributed by atoms with Crippen LogP contribution in [0.25, 0.3) is 0 Å². The van der Waals surface area contributed by atoms with Gasteiger partial charge in [0.15, 0.2) is 0 Å². The Kier molecular flexibility index (Phi) is 6.64. The van der Waals surface area contributed by atoms with Gasteiger partial charge in [0.25, 0.3) is 0 Å². The standard InChI is InChI=1S/C17H24N4O3/c1-11-8-6-7-9-13(11)18-15(23)16(24)21-20-12(2)10-14(22)19-17(3,4)5/h6-9H,10H2,1-5H3,(H,18,23)(H,19,22)(H,21,24). The van der Waals surface area contributed by atoms with Gasteiger partial charge in [-0.1, -0.05) is 18.2 Å². The van der Waals surface area contributed by atoms with Crippen LogP contribution in [0.15, 0.2) is 29.4 Å². The fourth-order valence-electron chi connectivity index (χ4n) is 1.82. The predicted molar refractivity (Wildman–Crippen MR) is 93.6 cm³/mol. The molecule has 0 atom stereocenters. The zero-order valence-electron chi connectivity index (χ0n) is 14.7. The van der Waals surface area contributed by atoms with E-state index in [4.69, 9.17) is 0 Å². The summed E-state index contributed by atoms with van der Waals surface area (Å²) in [7, 11) is 0. The highest BCUT2D eigenvalue weighted by molar-refractivity contribution is 6.39. The van der Waals surface area contributed by atoms with E-state index in [-0.39, 0.29) is 17.9 Å². The molecule has 0 bridgehead atoms. The van der Waals surface area contributed by atoms with E-state index in [0.29, 0.717) is 11.4 Å². The fourth-order valence-corrected chi connectivity index (χ4v) is 1.82. The summed E-state index contributed by atoms with van der Waals surface area (Å²) in [4.78, 5) is 35.3. The molecular weight excluding hydrogens is 308 g/mol. The molecule has 0 aliphatic rings. The number of hydrogen-bond donors (Lipinski definition) is 3. The molecule has 0 saturated heterocycles. The molecule has 0 spiro atoms. The van der Waals surface area contributed by atoms with Crippen LogP contribution in [0, 0.1) is 6.92 Å². The Hall–Kier alpha value is -2.70. The lowest BCUT2D eigenvalue weighted by Crippen LogP contribution is -2.41. The lowest BCUT2D eigenvalue weighted by molar-refractivity contribution is -0.136. The van der Waals surface area contributed by atoms with Gasteiger partial charge in [-0.05, 0) is 46.2 Å². The number of hydrazone groups is 1. The van der Waals surface area contributed by atoms with Gasteiger partial charge in [0, 0.05) is 16.9 Å². The molecule has 7 nitrogen and oxygen atoms in total. The SMILES string of the molecule is CC(CC(=O)NC(C)(C)C)=NNC(=O)C(=O)Nc1ccccc1C. The molecule has 7 heteroatoms. The van der Waals surface area contributed by atoms with Gasteiger partial charge in [-0.3, -0.25) is 14.4 Å². The average Bonchev–Trinajstić information content (AvgIpc) is 2.45. The summed E-state index contributed by atoms with van der Waals surface area (Å²) in [5, 5.41) is 9.07. The highest BCUT2D eigenvalue weighted by atomic mass is 16.2. The van der Waals surface area contributed by atoms with E-state index in [1.54, 1.807) is 19.1 Å². The van der Waals surface area contributed by atoms with Crippen LogP contribution in [0.5, 0.6) is 0 Å². The van der Waals surface area contributed by atoms with Crippen LogP contribution < -0.4 is 16.1 Å². The first-order valence-corrected chi connectivity index (χ1v) is 7.59. The molecule has 0 radical (unpaired) electrons. The minimum atomic E-state index is -0.895. The smallest absolute Gasteiger partial charge is 0.329 e. The molecular formula is C17H24N4O3. The highest BCUT2D eigenvalue weighted by Crippen LogP contribution is 2.12. The van der Waals surface area contributed by atoms with Gasteiger partial charge in [0.1, 0.15) is 0 Å². The average molecular weight is 332 g/mol. The minimum absolute atomic E-state index is 0.0387. The Morgan fingerprint density at radius 2 is 1.71 bits per heavy atom. The van der Waals surface area contributed by atoms with Gasteiger partial charge < -0.3 is 10.6 Å². The van der Waals surface area contributed by atoms with Crippen molar-refractivity contribution in [2.45, 2.75) is 46.6 Å². The van der Waals surface area contributed by atoms with Gasteiger partial charge in [-0.2, -0.15) is 5.10 Å². The molecule has 130 valence electrons. The van der Waals surface area contributed by atoms with E-state index in [1.165, 1.54) is 0 Å². The maximum absolute atomic E-state index is 11.8. The molecule has 0 fully saturated rings. The largest absolute Gasteiger partial charge is 0.351 e. The lowest BCUT2D eigenvalue weighted by Gasteiger charge is -2.20. The Morgan fingerprint density at radius 1 is 1.08 bits per heavy atom. The number of amides is 3. The van der Waals surface area contributed by atoms with Crippen molar-refractivity contribution in [3.8, 4) is 0 Å². The summed E-state index contributed by atoms with van der Waals surface area (Å²) in [5.41, 5.74) is 3.61. The number of carbonyl (C=O) groups is 3. The molecule has 0 aliphatic heterocycles. The Balaban J connectivity index is 2.53. The Labute approximate surface area is 141 Å². The molecule has 1 rings (SSSR count). The third kappa shape index (κ3) is 7.04. The van der Waals surface area contributed by atoms with E-state index >= 15 is 0 Å². The third-order valence-corrected chi connectivity index (χ3v) is 2.88. The van der Waals surface area contributed by atoms with Crippen LogP contribution in [0.1, 0.15) is 39.7 Å². The van der Waals surface area contributed by atoms with E-state index in [1.807, 2.05) is 39.8 Å². The molecule has 1 aromatic carbocycles. The van der Waals surface area contributed by atoms with E-state index in [0.717, 1.165) is 5.56 Å². The number of nitrogens with one attached hydrogen (secondary N) is 3. The molecule has 3 amide bonds. The first kappa shape index (κ1) is 19.3. The molecule has 3 N–H and O–H groups in total. The van der Waals surface area contributed by atoms with Gasteiger partial charge >= 0.3 is 11.8 Å². The third-order valence-electron chi connectivity index (χ3n) is 2.88. The van der Waals surface area contributed by atoms with Crippen LogP contribution in [0.4, 0.5) is 5.69 Å². The fraction of sp³-hybridized carbons (Fsp3) is 0.412. The van der Waals surface area contributed by atoms with Crippen molar-refractivity contribution in [1.29, 1.82) is 0 Å². The molecule has 0 aromatic heterocycles. The zero-order valence-corrected chi connectivity index (χ0v) is 14.7. The van der Waals surface area contributed by atoms with E-state index in [2.05, 4.69) is 21.2 Å². The second-order valence-corrected chi connectivity index (χ2v) is 6.53. The minimum Gasteiger partial charge on any atom is -0.351 e. The van der Waals surface area contributed by atoms with Crippen LogP contribution in [0.2, 0.25) is 0 Å². The number of para-hydroxylation sites is 1. The Morgan fingerprint density at radius 3 is 2.29 bits per heavy atom. The topological polar surface area (TPSA) is 99.7 Å². The second kappa shape index (κ2) is 8.24. The molecule has 24 heavy (non-hydrogen) atoms. The molecule has 1 aromatic rings. The first-order valence-electron chi connectivity index (χ1n) is 7.59. The summed E-state index contributed by atoms with van der Waals surface area (Å²) in [5.74, 6) is -1.92. The van der Waals surface area contributed by atoms with Gasteiger partial charge in [0.05, 0.1) is 6.42 Å². The van der Waals surface area contributed by atoms with Crippen molar-refractivity contribution in [3.63, 3.8) is 0 Å². The summed E-state index contributed by atoms with van der Waals surface area (Å²) in [6.45, 7) is 9.03. The summed E-state index contributed by atoms with van der Waals surface area (Å²) >= 11 is 0. The van der Waals surface area contributed by atoms with Gasteiger partial charge in [0.2, 0.25) is 5.91 Å². The summed E-state index contributed by atoms with van der Waals surface area (Å²) in [6, 6.07) is 7.12. The maximum atomic E-state index is 11.8. The van der Waals surface area contributed by atoms with Gasteiger partial charge in [-0.25, -0.2) is 5.43 Å². The van der Waals surface area contributed by atoms with E-state index < -0.39 is 11.8 Å². The van der Waals surface area contributed by atoms with E-state index in [9.17, 15) is 14.4 Å². The van der Waals surface area contributed by atoms with Crippen LogP contribution in [0.3, 0.4) is 0 Å². The number of aryl methyl sites for hydroxylation is 1. The number of rotatable bonds is 4. The quantitative estimate of drug-likeness (QED) is 0.445. The van der Waals surface area contributed by atoms with Crippen molar-refractivity contribution in [2.24, 2.45) is 5.10 Å². The molecule has 0 unspecified atom stereocenters. The lowest BCUT2D eigenvalue weighted by atomic mass is 10.1. The van der Waals surface area contributed by atoms with Gasteiger partial charge in [-0.15, -0.1) is 0 Å². The Bertz CT molecular complexity index is 660. The second-order valence-electron chi connectivity index (χ2n) is 6.53. The number of benzene rings is 1. The van der Waals surface area contributed by atoms with Crippen LogP contribution >= 0.6 is 0 Å². The monoisotopic (exact) mass is 332 g/mol. The van der Waals surface area contributed by atoms with Crippen LogP contribution in [-0.4, -0.2) is 29.0 Å². The van der Waals surface area contributed by atoms with Crippen molar-refractivity contribution in [2.75, 3.05) is 5.32 Å². The molecule has 0 aliphatic carbocycles. The number of nitrogens with zero attached hydrogens (tertiary/aromatic N) is 1. The highest BCUT2D eigenvalue weighted by Gasteiger charge is 2.16. The predicted octanol–water partition coefficient (Wildman–Crippen LogP) is 1.73. The van der Waals surface area contributed by atoms with Crippen molar-refractivity contribution in [1.82, 2.24) is 10.7 Å². The van der Waals surface area contributed by atoms with Crippen molar-refractivity contribution < 1.29 is 14.4 Å². The van der Waals surface area contributed by atoms with Crippen molar-refractivity contribution in [3.05, 3.63) is 29.8 Å². The number of anilines is 1. The first-order chi connectivity index (χ1) is 11.1.